The summed E-state index contributed by atoms with van der Waals surface area (Å²) in [5.41, 5.74) is 1.66. The van der Waals surface area contributed by atoms with Crippen LogP contribution in [0.2, 0.25) is 15.1 Å². The third-order valence-corrected chi connectivity index (χ3v) is 4.64. The molecule has 2 heterocycles. The molecular weight excluding hydrogens is 386 g/mol. The van der Waals surface area contributed by atoms with Gasteiger partial charge in [-0.25, -0.2) is 19.0 Å². The van der Waals surface area contributed by atoms with Gasteiger partial charge in [-0.15, -0.1) is 0 Å². The van der Waals surface area contributed by atoms with Gasteiger partial charge in [-0.2, -0.15) is 5.10 Å². The van der Waals surface area contributed by atoms with Gasteiger partial charge in [-0.1, -0.05) is 40.9 Å². The summed E-state index contributed by atoms with van der Waals surface area (Å²) in [6.45, 7) is 0. The highest BCUT2D eigenvalue weighted by Crippen LogP contribution is 2.41. The van der Waals surface area contributed by atoms with Crippen molar-refractivity contribution in [2.75, 3.05) is 0 Å². The minimum Gasteiger partial charge on any atom is -0.228 e. The number of aromatic nitrogens is 4. The summed E-state index contributed by atoms with van der Waals surface area (Å²) in [5.74, 6) is 0.0312. The van der Waals surface area contributed by atoms with Gasteiger partial charge in [-0.05, 0) is 30.3 Å². The van der Waals surface area contributed by atoms with Gasteiger partial charge >= 0.3 is 0 Å². The number of hydrogen-bond acceptors (Lipinski definition) is 3. The van der Waals surface area contributed by atoms with Crippen molar-refractivity contribution >= 4 is 45.7 Å². The molecule has 0 amide bonds. The van der Waals surface area contributed by atoms with Crippen LogP contribution in [0.5, 0.6) is 0 Å². The SMILES string of the molecule is Fc1ccc2nc(-n3cncn3)c(-c3ccc(Cl)cc3Cl)c(Cl)c2c1. The molecule has 4 aromatic rings. The molecule has 0 saturated carbocycles. The second-order valence-corrected chi connectivity index (χ2v) is 6.47. The summed E-state index contributed by atoms with van der Waals surface area (Å²) in [5, 5.41) is 5.81. The molecule has 4 nitrogen and oxygen atoms in total. The van der Waals surface area contributed by atoms with E-state index in [9.17, 15) is 4.39 Å². The van der Waals surface area contributed by atoms with Crippen LogP contribution in [0.1, 0.15) is 0 Å². The number of pyridine rings is 1. The molecule has 8 heteroatoms. The van der Waals surface area contributed by atoms with Crippen LogP contribution in [0.25, 0.3) is 27.8 Å². The van der Waals surface area contributed by atoms with Crippen molar-refractivity contribution in [2.45, 2.75) is 0 Å². The molecule has 0 atom stereocenters. The Bertz CT molecular complexity index is 1100. The van der Waals surface area contributed by atoms with Gasteiger partial charge in [-0.3, -0.25) is 0 Å². The van der Waals surface area contributed by atoms with Crippen molar-refractivity contribution in [3.63, 3.8) is 0 Å². The first-order chi connectivity index (χ1) is 12.0. The third-order valence-electron chi connectivity index (χ3n) is 3.70. The Morgan fingerprint density at radius 3 is 2.56 bits per heavy atom. The van der Waals surface area contributed by atoms with Crippen LogP contribution in [0.4, 0.5) is 4.39 Å². The fourth-order valence-electron chi connectivity index (χ4n) is 2.60. The van der Waals surface area contributed by atoms with Crippen molar-refractivity contribution in [3.05, 3.63) is 69.9 Å². The number of halogens is 4. The summed E-state index contributed by atoms with van der Waals surface area (Å²) in [6, 6.07) is 9.26. The first-order valence-corrected chi connectivity index (χ1v) is 8.27. The zero-order chi connectivity index (χ0) is 17.6. The van der Waals surface area contributed by atoms with E-state index in [-0.39, 0.29) is 0 Å². The maximum Gasteiger partial charge on any atom is 0.165 e. The Labute approximate surface area is 156 Å². The monoisotopic (exact) mass is 392 g/mol. The van der Waals surface area contributed by atoms with Gasteiger partial charge in [0.25, 0.3) is 0 Å². The maximum absolute atomic E-state index is 13.7. The van der Waals surface area contributed by atoms with Crippen molar-refractivity contribution < 1.29 is 4.39 Å². The molecule has 0 saturated heterocycles. The Balaban J connectivity index is 2.13. The van der Waals surface area contributed by atoms with Crippen LogP contribution >= 0.6 is 34.8 Å². The fraction of sp³-hybridized carbons (Fsp3) is 0. The molecule has 25 heavy (non-hydrogen) atoms. The molecule has 0 fully saturated rings. The lowest BCUT2D eigenvalue weighted by atomic mass is 10.0. The number of hydrogen-bond donors (Lipinski definition) is 0. The van der Waals surface area contributed by atoms with E-state index in [0.717, 1.165) is 0 Å². The van der Waals surface area contributed by atoms with Crippen LogP contribution in [0.3, 0.4) is 0 Å². The highest BCUT2D eigenvalue weighted by molar-refractivity contribution is 6.40. The average molecular weight is 394 g/mol. The predicted molar refractivity (Wildman–Crippen MR) is 97.1 cm³/mol. The molecule has 4 rings (SSSR count). The normalized spacial score (nSPS) is 11.2. The van der Waals surface area contributed by atoms with E-state index in [1.807, 2.05) is 0 Å². The maximum atomic E-state index is 13.7. The highest BCUT2D eigenvalue weighted by Gasteiger charge is 2.20. The number of rotatable bonds is 2. The highest BCUT2D eigenvalue weighted by atomic mass is 35.5. The second kappa shape index (κ2) is 6.26. The standard InChI is InChI=1S/C17H8Cl3FN4/c18-9-1-3-11(13(19)5-9)15-16(20)12-6-10(21)2-4-14(12)24-17(15)25-8-22-7-23-25/h1-8H. The predicted octanol–water partition coefficient (Wildman–Crippen LogP) is 5.58. The molecule has 0 aliphatic carbocycles. The molecule has 0 aliphatic rings. The summed E-state index contributed by atoms with van der Waals surface area (Å²) in [7, 11) is 0. The Morgan fingerprint density at radius 1 is 1.00 bits per heavy atom. The fourth-order valence-corrected chi connectivity index (χ4v) is 3.44. The van der Waals surface area contributed by atoms with Crippen molar-refractivity contribution in [1.29, 1.82) is 0 Å². The molecule has 0 bridgehead atoms. The third kappa shape index (κ3) is 2.84. The lowest BCUT2D eigenvalue weighted by Crippen LogP contribution is -2.03. The van der Waals surface area contributed by atoms with Gasteiger partial charge in [0.2, 0.25) is 0 Å². The number of benzene rings is 2. The van der Waals surface area contributed by atoms with E-state index < -0.39 is 5.82 Å². The first kappa shape index (κ1) is 16.3. The molecule has 0 aliphatic heterocycles. The summed E-state index contributed by atoms with van der Waals surface area (Å²) < 4.78 is 15.2. The van der Waals surface area contributed by atoms with Crippen molar-refractivity contribution in [2.24, 2.45) is 0 Å². The Morgan fingerprint density at radius 2 is 1.84 bits per heavy atom. The van der Waals surface area contributed by atoms with Gasteiger partial charge in [0.15, 0.2) is 5.82 Å². The molecule has 2 aromatic heterocycles. The zero-order valence-corrected chi connectivity index (χ0v) is 14.7. The van der Waals surface area contributed by atoms with E-state index in [1.54, 1.807) is 24.3 Å². The molecule has 0 spiro atoms. The lowest BCUT2D eigenvalue weighted by molar-refractivity contribution is 0.629. The van der Waals surface area contributed by atoms with E-state index in [4.69, 9.17) is 34.8 Å². The number of fused-ring (bicyclic) bond motifs is 1. The molecule has 0 N–H and O–H groups in total. The summed E-state index contributed by atoms with van der Waals surface area (Å²) >= 11 is 19.0. The largest absolute Gasteiger partial charge is 0.228 e. The van der Waals surface area contributed by atoms with E-state index in [0.29, 0.717) is 42.9 Å². The molecular formula is C17H8Cl3FN4. The first-order valence-electron chi connectivity index (χ1n) is 7.14. The van der Waals surface area contributed by atoms with E-state index in [1.165, 1.54) is 29.5 Å². The number of nitrogens with zero attached hydrogens (tertiary/aromatic N) is 4. The smallest absolute Gasteiger partial charge is 0.165 e. The molecule has 0 unspecified atom stereocenters. The van der Waals surface area contributed by atoms with Gasteiger partial charge in [0.1, 0.15) is 18.5 Å². The Hall–Kier alpha value is -2.21. The van der Waals surface area contributed by atoms with Crippen LogP contribution in [0, 0.1) is 5.82 Å². The Kier molecular flexibility index (Phi) is 4.07. The van der Waals surface area contributed by atoms with Crippen molar-refractivity contribution in [3.8, 4) is 16.9 Å². The van der Waals surface area contributed by atoms with Crippen LogP contribution in [-0.2, 0) is 0 Å². The van der Waals surface area contributed by atoms with E-state index >= 15 is 0 Å². The average Bonchev–Trinajstić information content (AvgIpc) is 3.11. The minimum absolute atomic E-state index is 0.319. The van der Waals surface area contributed by atoms with Crippen molar-refractivity contribution in [1.82, 2.24) is 19.7 Å². The van der Waals surface area contributed by atoms with Gasteiger partial charge in [0.05, 0.1) is 15.6 Å². The molecule has 0 radical (unpaired) electrons. The van der Waals surface area contributed by atoms with Crippen LogP contribution < -0.4 is 0 Å². The molecule has 124 valence electrons. The quantitative estimate of drug-likeness (QED) is 0.446. The minimum atomic E-state index is -0.405. The molecule has 2 aromatic carbocycles. The zero-order valence-electron chi connectivity index (χ0n) is 12.4. The van der Waals surface area contributed by atoms with E-state index in [2.05, 4.69) is 15.1 Å². The topological polar surface area (TPSA) is 43.6 Å². The summed E-state index contributed by atoms with van der Waals surface area (Å²) in [4.78, 5) is 8.53. The second-order valence-electron chi connectivity index (χ2n) is 5.25. The van der Waals surface area contributed by atoms with Gasteiger partial charge in [0, 0.05) is 21.5 Å². The summed E-state index contributed by atoms with van der Waals surface area (Å²) in [6.07, 6.45) is 2.89. The lowest BCUT2D eigenvalue weighted by Gasteiger charge is -2.14. The van der Waals surface area contributed by atoms with Gasteiger partial charge < -0.3 is 0 Å². The van der Waals surface area contributed by atoms with Crippen LogP contribution in [-0.4, -0.2) is 19.7 Å². The van der Waals surface area contributed by atoms with Crippen LogP contribution in [0.15, 0.2) is 49.1 Å².